The SMILES string of the molecule is CC(C)NC(=O)NC(=O)COC(=O)c1ccc(Br)cc1. The van der Waals surface area contributed by atoms with Gasteiger partial charge in [-0.25, -0.2) is 9.59 Å². The van der Waals surface area contributed by atoms with Gasteiger partial charge in [0.25, 0.3) is 5.91 Å². The molecule has 0 unspecified atom stereocenters. The number of ether oxygens (including phenoxy) is 1. The zero-order valence-electron chi connectivity index (χ0n) is 11.1. The first-order valence-electron chi connectivity index (χ1n) is 5.91. The first-order valence-corrected chi connectivity index (χ1v) is 6.71. The molecule has 1 rings (SSSR count). The van der Waals surface area contributed by atoms with Crippen molar-refractivity contribution in [2.24, 2.45) is 0 Å². The number of carbonyl (C=O) groups excluding carboxylic acids is 3. The summed E-state index contributed by atoms with van der Waals surface area (Å²) >= 11 is 3.24. The summed E-state index contributed by atoms with van der Waals surface area (Å²) in [7, 11) is 0. The van der Waals surface area contributed by atoms with E-state index in [9.17, 15) is 14.4 Å². The first kappa shape index (κ1) is 16.2. The Hall–Kier alpha value is -1.89. The number of nitrogens with one attached hydrogen (secondary N) is 2. The average molecular weight is 343 g/mol. The second kappa shape index (κ2) is 7.64. The molecule has 0 spiro atoms. The van der Waals surface area contributed by atoms with E-state index in [1.165, 1.54) is 0 Å². The molecule has 0 aromatic heterocycles. The molecule has 0 radical (unpaired) electrons. The second-order valence-electron chi connectivity index (χ2n) is 4.26. The van der Waals surface area contributed by atoms with Crippen LogP contribution in [0.5, 0.6) is 0 Å². The molecule has 2 N–H and O–H groups in total. The Bertz CT molecular complexity index is 500. The summed E-state index contributed by atoms with van der Waals surface area (Å²) in [5, 5.41) is 4.54. The molecule has 6 nitrogen and oxygen atoms in total. The fourth-order valence-electron chi connectivity index (χ4n) is 1.26. The van der Waals surface area contributed by atoms with Crippen LogP contribution in [0.3, 0.4) is 0 Å². The van der Waals surface area contributed by atoms with Crippen molar-refractivity contribution in [1.29, 1.82) is 0 Å². The van der Waals surface area contributed by atoms with Crippen LogP contribution in [-0.2, 0) is 9.53 Å². The van der Waals surface area contributed by atoms with Gasteiger partial charge in [0.2, 0.25) is 0 Å². The van der Waals surface area contributed by atoms with Crippen LogP contribution in [-0.4, -0.2) is 30.6 Å². The molecular formula is C13H15BrN2O4. The normalized spacial score (nSPS) is 10.0. The lowest BCUT2D eigenvalue weighted by Gasteiger charge is -2.09. The summed E-state index contributed by atoms with van der Waals surface area (Å²) in [6, 6.07) is 5.79. The van der Waals surface area contributed by atoms with E-state index in [4.69, 9.17) is 4.74 Å². The number of carbonyl (C=O) groups is 3. The Morgan fingerprint density at radius 1 is 1.20 bits per heavy atom. The predicted octanol–water partition coefficient (Wildman–Crippen LogP) is 1.84. The summed E-state index contributed by atoms with van der Waals surface area (Å²) in [6.07, 6.45) is 0. The molecule has 20 heavy (non-hydrogen) atoms. The maximum Gasteiger partial charge on any atom is 0.338 e. The third kappa shape index (κ3) is 5.83. The maximum atomic E-state index is 11.6. The van der Waals surface area contributed by atoms with Crippen molar-refractivity contribution >= 4 is 33.8 Å². The van der Waals surface area contributed by atoms with Gasteiger partial charge in [-0.15, -0.1) is 0 Å². The monoisotopic (exact) mass is 342 g/mol. The quantitative estimate of drug-likeness (QED) is 0.817. The molecule has 0 aliphatic rings. The van der Waals surface area contributed by atoms with E-state index >= 15 is 0 Å². The van der Waals surface area contributed by atoms with Gasteiger partial charge >= 0.3 is 12.0 Å². The Morgan fingerprint density at radius 2 is 1.80 bits per heavy atom. The number of benzene rings is 1. The molecule has 0 saturated heterocycles. The van der Waals surface area contributed by atoms with Crippen LogP contribution in [0.4, 0.5) is 4.79 Å². The number of rotatable bonds is 4. The number of amides is 3. The molecular weight excluding hydrogens is 328 g/mol. The molecule has 7 heteroatoms. The minimum absolute atomic E-state index is 0.0897. The topological polar surface area (TPSA) is 84.5 Å². The van der Waals surface area contributed by atoms with Crippen LogP contribution < -0.4 is 10.6 Å². The summed E-state index contributed by atoms with van der Waals surface area (Å²) in [5.74, 6) is -1.31. The van der Waals surface area contributed by atoms with E-state index in [1.807, 2.05) is 0 Å². The molecule has 0 aliphatic heterocycles. The van der Waals surface area contributed by atoms with E-state index in [2.05, 4.69) is 26.6 Å². The Balaban J connectivity index is 2.39. The highest BCUT2D eigenvalue weighted by Crippen LogP contribution is 2.11. The third-order valence-corrected chi connectivity index (χ3v) is 2.62. The Labute approximate surface area is 125 Å². The number of halogens is 1. The molecule has 3 amide bonds. The maximum absolute atomic E-state index is 11.6. The van der Waals surface area contributed by atoms with Crippen molar-refractivity contribution in [3.63, 3.8) is 0 Å². The molecule has 0 fully saturated rings. The molecule has 1 aromatic carbocycles. The summed E-state index contributed by atoms with van der Waals surface area (Å²) in [5.41, 5.74) is 0.327. The van der Waals surface area contributed by atoms with Gasteiger partial charge in [-0.05, 0) is 38.1 Å². The average Bonchev–Trinajstić information content (AvgIpc) is 2.35. The van der Waals surface area contributed by atoms with Crippen LogP contribution in [0, 0.1) is 0 Å². The van der Waals surface area contributed by atoms with E-state index in [1.54, 1.807) is 38.1 Å². The molecule has 1 aromatic rings. The number of hydrogen-bond donors (Lipinski definition) is 2. The van der Waals surface area contributed by atoms with Gasteiger partial charge in [0, 0.05) is 10.5 Å². The van der Waals surface area contributed by atoms with E-state index < -0.39 is 24.5 Å². The highest BCUT2D eigenvalue weighted by Gasteiger charge is 2.12. The highest BCUT2D eigenvalue weighted by atomic mass is 79.9. The number of hydrogen-bond acceptors (Lipinski definition) is 4. The van der Waals surface area contributed by atoms with Gasteiger partial charge in [0.1, 0.15) is 0 Å². The Morgan fingerprint density at radius 3 is 2.35 bits per heavy atom. The number of urea groups is 1. The van der Waals surface area contributed by atoms with E-state index in [0.717, 1.165) is 4.47 Å². The van der Waals surface area contributed by atoms with Crippen molar-refractivity contribution in [1.82, 2.24) is 10.6 Å². The van der Waals surface area contributed by atoms with Crippen molar-refractivity contribution < 1.29 is 19.1 Å². The lowest BCUT2D eigenvalue weighted by molar-refractivity contribution is -0.123. The van der Waals surface area contributed by atoms with Crippen LogP contribution in [0.2, 0.25) is 0 Å². The minimum atomic E-state index is -0.686. The first-order chi connectivity index (χ1) is 9.38. The lowest BCUT2D eigenvalue weighted by Crippen LogP contribution is -2.44. The second-order valence-corrected chi connectivity index (χ2v) is 5.18. The van der Waals surface area contributed by atoms with Crippen molar-refractivity contribution in [3.05, 3.63) is 34.3 Å². The molecule has 108 valence electrons. The minimum Gasteiger partial charge on any atom is -0.452 e. The predicted molar refractivity (Wildman–Crippen MR) is 76.2 cm³/mol. The molecule has 0 heterocycles. The zero-order chi connectivity index (χ0) is 15.1. The van der Waals surface area contributed by atoms with Crippen molar-refractivity contribution in [3.8, 4) is 0 Å². The fourth-order valence-corrected chi connectivity index (χ4v) is 1.53. The van der Waals surface area contributed by atoms with E-state index in [0.29, 0.717) is 5.56 Å². The van der Waals surface area contributed by atoms with Gasteiger partial charge in [-0.3, -0.25) is 10.1 Å². The fraction of sp³-hybridized carbons (Fsp3) is 0.308. The van der Waals surface area contributed by atoms with Crippen LogP contribution >= 0.6 is 15.9 Å². The molecule has 0 saturated carbocycles. The number of esters is 1. The summed E-state index contributed by atoms with van der Waals surface area (Å²) < 4.78 is 5.62. The molecule has 0 aliphatic carbocycles. The zero-order valence-corrected chi connectivity index (χ0v) is 12.7. The van der Waals surface area contributed by atoms with Gasteiger partial charge < -0.3 is 10.1 Å². The largest absolute Gasteiger partial charge is 0.452 e. The molecule has 0 atom stereocenters. The highest BCUT2D eigenvalue weighted by molar-refractivity contribution is 9.10. The van der Waals surface area contributed by atoms with E-state index in [-0.39, 0.29) is 6.04 Å². The smallest absolute Gasteiger partial charge is 0.338 e. The van der Waals surface area contributed by atoms with Gasteiger partial charge in [0.05, 0.1) is 5.56 Å². The summed E-state index contributed by atoms with van der Waals surface area (Å²) in [6.45, 7) is 3.01. The van der Waals surface area contributed by atoms with Gasteiger partial charge in [-0.1, -0.05) is 15.9 Å². The van der Waals surface area contributed by atoms with Gasteiger partial charge in [-0.2, -0.15) is 0 Å². The van der Waals surface area contributed by atoms with Crippen molar-refractivity contribution in [2.45, 2.75) is 19.9 Å². The van der Waals surface area contributed by atoms with Crippen LogP contribution in [0.25, 0.3) is 0 Å². The Kier molecular flexibility index (Phi) is 6.17. The number of imide groups is 1. The standard InChI is InChI=1S/C13H15BrN2O4/c1-8(2)15-13(19)16-11(17)7-20-12(18)9-3-5-10(14)6-4-9/h3-6,8H,7H2,1-2H3,(H2,15,16,17,19). The third-order valence-electron chi connectivity index (χ3n) is 2.09. The molecule has 0 bridgehead atoms. The van der Waals surface area contributed by atoms with Crippen LogP contribution in [0.15, 0.2) is 28.7 Å². The summed E-state index contributed by atoms with van der Waals surface area (Å²) in [4.78, 5) is 34.2. The van der Waals surface area contributed by atoms with Crippen molar-refractivity contribution in [2.75, 3.05) is 6.61 Å². The van der Waals surface area contributed by atoms with Gasteiger partial charge in [0.15, 0.2) is 6.61 Å². The lowest BCUT2D eigenvalue weighted by atomic mass is 10.2. The van der Waals surface area contributed by atoms with Crippen LogP contribution in [0.1, 0.15) is 24.2 Å².